The summed E-state index contributed by atoms with van der Waals surface area (Å²) >= 11 is 0. The van der Waals surface area contributed by atoms with E-state index >= 15 is 0 Å². The third-order valence-corrected chi connectivity index (χ3v) is 3.38. The van der Waals surface area contributed by atoms with Gasteiger partial charge in [-0.25, -0.2) is 0 Å². The van der Waals surface area contributed by atoms with Gasteiger partial charge in [-0.3, -0.25) is 0 Å². The maximum atomic E-state index is 5.45. The zero-order valence-electron chi connectivity index (χ0n) is 10.0. The van der Waals surface area contributed by atoms with Gasteiger partial charge in [0, 0.05) is 13.1 Å². The van der Waals surface area contributed by atoms with Crippen LogP contribution < -0.4 is 10.6 Å². The maximum absolute atomic E-state index is 5.45. The highest BCUT2D eigenvalue weighted by Crippen LogP contribution is 2.26. The summed E-state index contributed by atoms with van der Waals surface area (Å²) in [6.45, 7) is 6.92. The second-order valence-electron chi connectivity index (χ2n) is 4.75. The Balaban J connectivity index is 1.93. The van der Waals surface area contributed by atoms with Crippen LogP contribution in [0.1, 0.15) is 32.6 Å². The SMILES string of the molecule is CC(C)C1CCN(c2nnc(CN)o2)CC1. The first-order chi connectivity index (χ1) is 7.70. The number of nitrogens with zero attached hydrogens (tertiary/aromatic N) is 3. The molecule has 2 rings (SSSR count). The largest absolute Gasteiger partial charge is 0.407 e. The van der Waals surface area contributed by atoms with Crippen LogP contribution in [0, 0.1) is 11.8 Å². The molecule has 5 heteroatoms. The second-order valence-corrected chi connectivity index (χ2v) is 4.75. The lowest BCUT2D eigenvalue weighted by molar-refractivity contribution is 0.303. The van der Waals surface area contributed by atoms with Crippen LogP contribution in [0.25, 0.3) is 0 Å². The number of hydrogen-bond acceptors (Lipinski definition) is 5. The average molecular weight is 224 g/mol. The number of piperidine rings is 1. The predicted molar refractivity (Wildman–Crippen MR) is 62.0 cm³/mol. The molecule has 1 aliphatic rings. The first-order valence-corrected chi connectivity index (χ1v) is 5.98. The van der Waals surface area contributed by atoms with Crippen LogP contribution in [-0.2, 0) is 6.54 Å². The van der Waals surface area contributed by atoms with E-state index in [0.717, 1.165) is 24.9 Å². The van der Waals surface area contributed by atoms with Gasteiger partial charge in [-0.1, -0.05) is 18.9 Å². The van der Waals surface area contributed by atoms with Crippen molar-refractivity contribution < 1.29 is 4.42 Å². The van der Waals surface area contributed by atoms with Crippen molar-refractivity contribution in [3.63, 3.8) is 0 Å². The molecule has 0 spiro atoms. The van der Waals surface area contributed by atoms with Crippen LogP contribution in [0.15, 0.2) is 4.42 Å². The summed E-state index contributed by atoms with van der Waals surface area (Å²) in [5.74, 6) is 2.11. The van der Waals surface area contributed by atoms with Crippen LogP contribution in [0.3, 0.4) is 0 Å². The molecule has 0 aromatic carbocycles. The summed E-state index contributed by atoms with van der Waals surface area (Å²) in [5, 5.41) is 7.89. The van der Waals surface area contributed by atoms with Crippen molar-refractivity contribution in [2.45, 2.75) is 33.2 Å². The highest BCUT2D eigenvalue weighted by molar-refractivity contribution is 5.24. The summed E-state index contributed by atoms with van der Waals surface area (Å²) in [7, 11) is 0. The molecular weight excluding hydrogens is 204 g/mol. The zero-order valence-corrected chi connectivity index (χ0v) is 10.0. The van der Waals surface area contributed by atoms with Gasteiger partial charge in [-0.2, -0.15) is 0 Å². The van der Waals surface area contributed by atoms with Crippen LogP contribution >= 0.6 is 0 Å². The van der Waals surface area contributed by atoms with Crippen LogP contribution in [0.5, 0.6) is 0 Å². The molecule has 0 radical (unpaired) electrons. The van der Waals surface area contributed by atoms with E-state index in [1.807, 2.05) is 0 Å². The van der Waals surface area contributed by atoms with Crippen molar-refractivity contribution in [2.75, 3.05) is 18.0 Å². The minimum Gasteiger partial charge on any atom is -0.407 e. The van der Waals surface area contributed by atoms with Gasteiger partial charge in [-0.05, 0) is 24.7 Å². The maximum Gasteiger partial charge on any atom is 0.318 e. The molecule has 1 aromatic rings. The molecule has 5 nitrogen and oxygen atoms in total. The van der Waals surface area contributed by atoms with Crippen molar-refractivity contribution in [1.82, 2.24) is 10.2 Å². The number of nitrogens with two attached hydrogens (primary N) is 1. The lowest BCUT2D eigenvalue weighted by Gasteiger charge is -2.32. The highest BCUT2D eigenvalue weighted by atomic mass is 16.4. The Morgan fingerprint density at radius 1 is 1.38 bits per heavy atom. The van der Waals surface area contributed by atoms with E-state index in [-0.39, 0.29) is 0 Å². The molecule has 0 atom stereocenters. The van der Waals surface area contributed by atoms with E-state index in [1.54, 1.807) is 0 Å². The van der Waals surface area contributed by atoms with Gasteiger partial charge in [0.2, 0.25) is 5.89 Å². The molecule has 0 amide bonds. The third-order valence-electron chi connectivity index (χ3n) is 3.38. The molecule has 2 N–H and O–H groups in total. The van der Waals surface area contributed by atoms with Crippen molar-refractivity contribution in [3.05, 3.63) is 5.89 Å². The predicted octanol–water partition coefficient (Wildman–Crippen LogP) is 1.40. The minimum atomic E-state index is 0.315. The fourth-order valence-electron chi connectivity index (χ4n) is 2.21. The topological polar surface area (TPSA) is 68.2 Å². The van der Waals surface area contributed by atoms with E-state index in [4.69, 9.17) is 10.2 Å². The molecule has 1 fully saturated rings. The van der Waals surface area contributed by atoms with E-state index in [2.05, 4.69) is 28.9 Å². The Morgan fingerprint density at radius 3 is 2.56 bits per heavy atom. The summed E-state index contributed by atoms with van der Waals surface area (Å²) in [5.41, 5.74) is 5.44. The number of aromatic nitrogens is 2. The standard InChI is InChI=1S/C11H20N4O/c1-8(2)9-3-5-15(6-4-9)11-14-13-10(7-12)16-11/h8-9H,3-7,12H2,1-2H3. The average Bonchev–Trinajstić information content (AvgIpc) is 2.77. The van der Waals surface area contributed by atoms with E-state index in [0.29, 0.717) is 18.5 Å². The zero-order chi connectivity index (χ0) is 11.5. The third kappa shape index (κ3) is 2.35. The molecular formula is C11H20N4O. The minimum absolute atomic E-state index is 0.315. The molecule has 1 aliphatic heterocycles. The van der Waals surface area contributed by atoms with Gasteiger partial charge < -0.3 is 15.1 Å². The Morgan fingerprint density at radius 2 is 2.06 bits per heavy atom. The van der Waals surface area contributed by atoms with Gasteiger partial charge in [0.25, 0.3) is 0 Å². The van der Waals surface area contributed by atoms with Crippen LogP contribution in [-0.4, -0.2) is 23.3 Å². The summed E-state index contributed by atoms with van der Waals surface area (Å²) in [6.07, 6.45) is 2.41. The Hall–Kier alpha value is -1.10. The van der Waals surface area contributed by atoms with Crippen molar-refractivity contribution in [2.24, 2.45) is 17.6 Å². The summed E-state index contributed by atoms with van der Waals surface area (Å²) < 4.78 is 5.45. The second kappa shape index (κ2) is 4.82. The highest BCUT2D eigenvalue weighted by Gasteiger charge is 2.24. The van der Waals surface area contributed by atoms with Crippen LogP contribution in [0.4, 0.5) is 6.01 Å². The fourth-order valence-corrected chi connectivity index (χ4v) is 2.21. The monoisotopic (exact) mass is 224 g/mol. The smallest absolute Gasteiger partial charge is 0.318 e. The normalized spacial score (nSPS) is 18.4. The summed E-state index contributed by atoms with van der Waals surface area (Å²) in [6, 6.07) is 0.627. The van der Waals surface area contributed by atoms with Gasteiger partial charge in [0.15, 0.2) is 0 Å². The van der Waals surface area contributed by atoms with Crippen LogP contribution in [0.2, 0.25) is 0 Å². The molecule has 2 heterocycles. The van der Waals surface area contributed by atoms with E-state index in [1.165, 1.54) is 12.8 Å². The number of anilines is 1. The van der Waals surface area contributed by atoms with E-state index < -0.39 is 0 Å². The first-order valence-electron chi connectivity index (χ1n) is 5.98. The van der Waals surface area contributed by atoms with Crippen molar-refractivity contribution in [1.29, 1.82) is 0 Å². The molecule has 0 saturated carbocycles. The lowest BCUT2D eigenvalue weighted by Crippen LogP contribution is -2.35. The van der Waals surface area contributed by atoms with Gasteiger partial charge in [0.1, 0.15) is 0 Å². The Labute approximate surface area is 96.0 Å². The molecule has 0 bridgehead atoms. The van der Waals surface area contributed by atoms with E-state index in [9.17, 15) is 0 Å². The quantitative estimate of drug-likeness (QED) is 0.840. The molecule has 16 heavy (non-hydrogen) atoms. The van der Waals surface area contributed by atoms with Gasteiger partial charge in [-0.15, -0.1) is 5.10 Å². The summed E-state index contributed by atoms with van der Waals surface area (Å²) in [4.78, 5) is 2.16. The molecule has 90 valence electrons. The Bertz CT molecular complexity index is 328. The fraction of sp³-hybridized carbons (Fsp3) is 0.818. The first kappa shape index (κ1) is 11.4. The molecule has 1 saturated heterocycles. The van der Waals surface area contributed by atoms with Gasteiger partial charge >= 0.3 is 6.01 Å². The molecule has 0 unspecified atom stereocenters. The molecule has 1 aromatic heterocycles. The number of hydrogen-bond donors (Lipinski definition) is 1. The lowest BCUT2D eigenvalue weighted by atomic mass is 9.87. The van der Waals surface area contributed by atoms with Crippen molar-refractivity contribution in [3.8, 4) is 0 Å². The number of rotatable bonds is 3. The van der Waals surface area contributed by atoms with Gasteiger partial charge in [0.05, 0.1) is 6.54 Å². The van der Waals surface area contributed by atoms with Crippen molar-refractivity contribution >= 4 is 6.01 Å². The Kier molecular flexibility index (Phi) is 3.43. The molecule has 0 aliphatic carbocycles.